The minimum absolute atomic E-state index is 0.122. The Balaban J connectivity index is 1.72. The first-order chi connectivity index (χ1) is 14.6. The first kappa shape index (κ1) is 21.3. The van der Waals surface area contributed by atoms with E-state index in [0.717, 1.165) is 17.0 Å². The Morgan fingerprint density at radius 1 is 1.19 bits per heavy atom. The van der Waals surface area contributed by atoms with Crippen molar-refractivity contribution in [2.24, 2.45) is 0 Å². The van der Waals surface area contributed by atoms with E-state index in [2.05, 4.69) is 15.2 Å². The van der Waals surface area contributed by atoms with Gasteiger partial charge in [-0.05, 0) is 38.7 Å². The number of hydrogen-bond acceptors (Lipinski definition) is 4. The highest BCUT2D eigenvalue weighted by Crippen LogP contribution is 2.35. The molecule has 1 amide bonds. The number of fused-ring (bicyclic) bond motifs is 1. The topological polar surface area (TPSA) is 68.3 Å². The van der Waals surface area contributed by atoms with E-state index >= 15 is 0 Å². The molecule has 0 bridgehead atoms. The predicted molar refractivity (Wildman–Crippen MR) is 108 cm³/mol. The van der Waals surface area contributed by atoms with Gasteiger partial charge in [-0.1, -0.05) is 13.8 Å². The molecule has 0 unspecified atom stereocenters. The van der Waals surface area contributed by atoms with Crippen LogP contribution in [0.4, 0.5) is 13.2 Å². The van der Waals surface area contributed by atoms with Crippen LogP contribution in [-0.2, 0) is 6.18 Å². The average Bonchev–Trinajstić information content (AvgIpc) is 3.43. The molecule has 1 atom stereocenters. The molecule has 0 aliphatic carbocycles. The number of carbonyl (C=O) groups is 1. The van der Waals surface area contributed by atoms with Crippen LogP contribution < -0.4 is 0 Å². The van der Waals surface area contributed by atoms with Gasteiger partial charge in [0, 0.05) is 30.5 Å². The minimum atomic E-state index is -4.56. The van der Waals surface area contributed by atoms with Gasteiger partial charge >= 0.3 is 6.18 Å². The summed E-state index contributed by atoms with van der Waals surface area (Å²) in [6.45, 7) is 8.04. The molecule has 1 saturated heterocycles. The Labute approximate surface area is 177 Å². The summed E-state index contributed by atoms with van der Waals surface area (Å²) in [4.78, 5) is 19.1. The molecule has 166 valence electrons. The van der Waals surface area contributed by atoms with E-state index in [0.29, 0.717) is 29.9 Å². The summed E-state index contributed by atoms with van der Waals surface area (Å²) in [6.07, 6.45) is 0.0420. The second-order valence-corrected chi connectivity index (χ2v) is 8.52. The van der Waals surface area contributed by atoms with Gasteiger partial charge in [0.15, 0.2) is 5.65 Å². The van der Waals surface area contributed by atoms with Gasteiger partial charge < -0.3 is 4.90 Å². The molecule has 10 heteroatoms. The third-order valence-corrected chi connectivity index (χ3v) is 5.58. The van der Waals surface area contributed by atoms with Crippen LogP contribution in [0.1, 0.15) is 86.0 Å². The van der Waals surface area contributed by atoms with Crippen molar-refractivity contribution in [2.75, 3.05) is 6.54 Å². The first-order valence-electron chi connectivity index (χ1n) is 10.4. The summed E-state index contributed by atoms with van der Waals surface area (Å²) in [7, 11) is 0. The van der Waals surface area contributed by atoms with Crippen LogP contribution in [0.3, 0.4) is 0 Å². The van der Waals surface area contributed by atoms with Crippen molar-refractivity contribution in [3.05, 3.63) is 47.2 Å². The normalized spacial score (nSPS) is 17.5. The summed E-state index contributed by atoms with van der Waals surface area (Å²) in [5.41, 5.74) is 0.510. The van der Waals surface area contributed by atoms with Crippen molar-refractivity contribution in [1.82, 2.24) is 29.3 Å². The standard InChI is InChI=1S/C21H25F3N6O/c1-12(2)15-8-18(21(22,23)24)30-19(26-15)9-16(27-30)17-6-5-7-28(17)20(31)14-10-25-29(11-14)13(3)4/h8-13,17H,5-7H2,1-4H3/t17-/m1/s1. The van der Waals surface area contributed by atoms with Gasteiger partial charge in [0.25, 0.3) is 5.91 Å². The lowest BCUT2D eigenvalue weighted by atomic mass is 10.1. The molecule has 3 aromatic heterocycles. The van der Waals surface area contributed by atoms with Crippen molar-refractivity contribution in [2.45, 2.75) is 64.7 Å². The van der Waals surface area contributed by atoms with E-state index in [-0.39, 0.29) is 23.5 Å². The number of hydrogen-bond donors (Lipinski definition) is 0. The molecule has 3 aromatic rings. The van der Waals surface area contributed by atoms with Crippen LogP contribution in [0, 0.1) is 0 Å². The molecule has 4 rings (SSSR count). The smallest absolute Gasteiger partial charge is 0.330 e. The van der Waals surface area contributed by atoms with Gasteiger partial charge in [0.2, 0.25) is 0 Å². The van der Waals surface area contributed by atoms with Crippen LogP contribution in [0.2, 0.25) is 0 Å². The Bertz CT molecular complexity index is 1110. The second-order valence-electron chi connectivity index (χ2n) is 8.52. The number of aromatic nitrogens is 5. The lowest BCUT2D eigenvalue weighted by Gasteiger charge is -2.22. The van der Waals surface area contributed by atoms with E-state index in [1.807, 2.05) is 13.8 Å². The van der Waals surface area contributed by atoms with Crippen LogP contribution in [0.5, 0.6) is 0 Å². The SMILES string of the molecule is CC(C)c1cc(C(F)(F)F)n2nc([C@H]3CCCN3C(=O)c3cnn(C(C)C)c3)cc2n1. The number of carbonyl (C=O) groups excluding carboxylic acids is 1. The fourth-order valence-corrected chi connectivity index (χ4v) is 3.89. The van der Waals surface area contributed by atoms with Gasteiger partial charge in [0.05, 0.1) is 23.5 Å². The molecular formula is C21H25F3N6O. The third-order valence-electron chi connectivity index (χ3n) is 5.58. The zero-order valence-electron chi connectivity index (χ0n) is 17.9. The Morgan fingerprint density at radius 2 is 1.94 bits per heavy atom. The molecule has 31 heavy (non-hydrogen) atoms. The van der Waals surface area contributed by atoms with Crippen molar-refractivity contribution >= 4 is 11.6 Å². The molecule has 1 aliphatic rings. The first-order valence-corrected chi connectivity index (χ1v) is 10.4. The van der Waals surface area contributed by atoms with Gasteiger partial charge in [-0.15, -0.1) is 0 Å². The largest absolute Gasteiger partial charge is 0.433 e. The molecule has 4 heterocycles. The van der Waals surface area contributed by atoms with Crippen molar-refractivity contribution in [1.29, 1.82) is 0 Å². The minimum Gasteiger partial charge on any atom is -0.330 e. The maximum absolute atomic E-state index is 13.7. The molecule has 0 N–H and O–H groups in total. The number of rotatable bonds is 4. The highest BCUT2D eigenvalue weighted by molar-refractivity contribution is 5.94. The zero-order chi connectivity index (χ0) is 22.5. The maximum Gasteiger partial charge on any atom is 0.433 e. The van der Waals surface area contributed by atoms with Gasteiger partial charge in [-0.2, -0.15) is 23.4 Å². The Morgan fingerprint density at radius 3 is 2.55 bits per heavy atom. The van der Waals surface area contributed by atoms with Crippen LogP contribution >= 0.6 is 0 Å². The van der Waals surface area contributed by atoms with E-state index in [4.69, 9.17) is 0 Å². The number of nitrogens with zero attached hydrogens (tertiary/aromatic N) is 6. The van der Waals surface area contributed by atoms with Crippen LogP contribution in [0.15, 0.2) is 24.5 Å². The molecule has 7 nitrogen and oxygen atoms in total. The van der Waals surface area contributed by atoms with Gasteiger partial charge in [-0.3, -0.25) is 9.48 Å². The van der Waals surface area contributed by atoms with E-state index in [1.54, 1.807) is 35.7 Å². The second kappa shape index (κ2) is 7.65. The predicted octanol–water partition coefficient (Wildman–Crippen LogP) is 4.63. The molecule has 0 aromatic carbocycles. The molecule has 0 radical (unpaired) electrons. The fourth-order valence-electron chi connectivity index (χ4n) is 3.89. The highest BCUT2D eigenvalue weighted by atomic mass is 19.4. The number of likely N-dealkylation sites (tertiary alicyclic amines) is 1. The molecule has 0 saturated carbocycles. The lowest BCUT2D eigenvalue weighted by molar-refractivity contribution is -0.142. The van der Waals surface area contributed by atoms with Crippen molar-refractivity contribution in [3.8, 4) is 0 Å². The molecule has 1 fully saturated rings. The van der Waals surface area contributed by atoms with Crippen LogP contribution in [-0.4, -0.2) is 41.7 Å². The van der Waals surface area contributed by atoms with E-state index in [1.165, 1.54) is 6.20 Å². The monoisotopic (exact) mass is 434 g/mol. The van der Waals surface area contributed by atoms with Crippen LogP contribution in [0.25, 0.3) is 5.65 Å². The fraction of sp³-hybridized carbons (Fsp3) is 0.524. The third kappa shape index (κ3) is 3.90. The number of halogens is 3. The number of alkyl halides is 3. The van der Waals surface area contributed by atoms with Gasteiger partial charge in [-0.25, -0.2) is 9.50 Å². The highest BCUT2D eigenvalue weighted by Gasteiger charge is 2.37. The maximum atomic E-state index is 13.7. The summed E-state index contributed by atoms with van der Waals surface area (Å²) >= 11 is 0. The van der Waals surface area contributed by atoms with E-state index in [9.17, 15) is 18.0 Å². The molecular weight excluding hydrogens is 409 g/mol. The number of amides is 1. The lowest BCUT2D eigenvalue weighted by Crippen LogP contribution is -2.30. The molecule has 1 aliphatic heterocycles. The zero-order valence-corrected chi connectivity index (χ0v) is 17.9. The summed E-state index contributed by atoms with van der Waals surface area (Å²) in [5, 5.41) is 8.46. The average molecular weight is 434 g/mol. The Hall–Kier alpha value is -2.91. The van der Waals surface area contributed by atoms with E-state index < -0.39 is 17.9 Å². The quantitative estimate of drug-likeness (QED) is 0.601. The van der Waals surface area contributed by atoms with Gasteiger partial charge in [0.1, 0.15) is 5.69 Å². The summed E-state index contributed by atoms with van der Waals surface area (Å²) in [6, 6.07) is 2.33. The molecule has 0 spiro atoms. The van der Waals surface area contributed by atoms with Crippen molar-refractivity contribution < 1.29 is 18.0 Å². The summed E-state index contributed by atoms with van der Waals surface area (Å²) < 4.78 is 43.6. The Kier molecular flexibility index (Phi) is 5.26. The summed E-state index contributed by atoms with van der Waals surface area (Å²) in [5.74, 6) is -0.357. The van der Waals surface area contributed by atoms with Crippen molar-refractivity contribution in [3.63, 3.8) is 0 Å².